The van der Waals surface area contributed by atoms with Gasteiger partial charge in [0.1, 0.15) is 11.7 Å². The first-order chi connectivity index (χ1) is 5.72. The second-order valence-electron chi connectivity index (χ2n) is 2.44. The van der Waals surface area contributed by atoms with Crippen LogP contribution in [0.3, 0.4) is 0 Å². The number of nitrogens with one attached hydrogen (secondary N) is 2. The highest BCUT2D eigenvalue weighted by molar-refractivity contribution is 7.85. The molecule has 0 radical (unpaired) electrons. The number of hydrogen-bond donors (Lipinski definition) is 4. The van der Waals surface area contributed by atoms with Crippen molar-refractivity contribution < 1.29 is 18.2 Å². The van der Waals surface area contributed by atoms with Crippen molar-refractivity contribution in [2.45, 2.75) is 12.8 Å². The Morgan fingerprint density at radius 3 is 1.62 bits per heavy atom. The molecular weight excluding hydrogens is 198 g/mol. The van der Waals surface area contributed by atoms with E-state index in [1.54, 1.807) is 0 Å². The molecule has 0 saturated carbocycles. The zero-order chi connectivity index (χ0) is 10.6. The van der Waals surface area contributed by atoms with E-state index >= 15 is 0 Å². The first kappa shape index (κ1) is 12.0. The number of hydroxylamine groups is 2. The molecule has 1 heterocycles. The van der Waals surface area contributed by atoms with Crippen LogP contribution in [0.25, 0.3) is 0 Å². The molecule has 76 valence electrons. The van der Waals surface area contributed by atoms with E-state index in [-0.39, 0.29) is 11.7 Å². The fourth-order valence-corrected chi connectivity index (χ4v) is 0.612. The van der Waals surface area contributed by atoms with E-state index in [0.717, 1.165) is 0 Å². The molecule has 1 rings (SSSR count). The summed E-state index contributed by atoms with van der Waals surface area (Å²) < 4.78 is 25.9. The largest absolute Gasteiger partial charge is 0.286 e. The van der Waals surface area contributed by atoms with Gasteiger partial charge in [-0.1, -0.05) is 0 Å². The second kappa shape index (κ2) is 4.30. The zero-order valence-electron chi connectivity index (χ0n) is 6.98. The zero-order valence-corrected chi connectivity index (χ0v) is 7.80. The molecule has 8 heteroatoms. The lowest BCUT2D eigenvalue weighted by Gasteiger charge is -2.04. The average Bonchev–Trinajstić information content (AvgIpc) is 2.16. The standard InChI is InChI=1S/C4H7N3O.CH4O3S/c5-3-1-2-4(6)7(3)8;1-5(2,3)4/h5-6,8H,1-2H2;1H3,(H,2,3,4). The Morgan fingerprint density at radius 1 is 1.31 bits per heavy atom. The molecule has 0 aromatic carbocycles. The van der Waals surface area contributed by atoms with Gasteiger partial charge in [-0.3, -0.25) is 20.6 Å². The third-order valence-corrected chi connectivity index (χ3v) is 1.11. The summed E-state index contributed by atoms with van der Waals surface area (Å²) in [6, 6.07) is 0. The highest BCUT2D eigenvalue weighted by atomic mass is 32.2. The Kier molecular flexibility index (Phi) is 3.98. The highest BCUT2D eigenvalue weighted by Gasteiger charge is 2.19. The molecular formula is C5H11N3O4S. The minimum absolute atomic E-state index is 0.120. The summed E-state index contributed by atoms with van der Waals surface area (Å²) in [6.07, 6.45) is 1.71. The fourth-order valence-electron chi connectivity index (χ4n) is 0.612. The molecule has 0 aromatic heterocycles. The maximum absolute atomic E-state index is 9.19. The van der Waals surface area contributed by atoms with Crippen LogP contribution in [0.4, 0.5) is 0 Å². The maximum atomic E-state index is 9.19. The van der Waals surface area contributed by atoms with Gasteiger partial charge in [-0.2, -0.15) is 13.5 Å². The average molecular weight is 209 g/mol. The maximum Gasteiger partial charge on any atom is 0.261 e. The van der Waals surface area contributed by atoms with Gasteiger partial charge < -0.3 is 0 Å². The van der Waals surface area contributed by atoms with Crippen LogP contribution in [0.15, 0.2) is 0 Å². The summed E-state index contributed by atoms with van der Waals surface area (Å²) in [4.78, 5) is 0. The van der Waals surface area contributed by atoms with Gasteiger partial charge in [0.2, 0.25) is 0 Å². The van der Waals surface area contributed by atoms with Crippen LogP contribution in [0.1, 0.15) is 12.8 Å². The van der Waals surface area contributed by atoms with Crippen molar-refractivity contribution in [3.63, 3.8) is 0 Å². The number of rotatable bonds is 0. The van der Waals surface area contributed by atoms with Crippen LogP contribution >= 0.6 is 0 Å². The van der Waals surface area contributed by atoms with Crippen LogP contribution in [0.5, 0.6) is 0 Å². The topological polar surface area (TPSA) is 126 Å². The van der Waals surface area contributed by atoms with Crippen LogP contribution < -0.4 is 0 Å². The molecule has 1 aliphatic rings. The van der Waals surface area contributed by atoms with Crippen molar-refractivity contribution in [1.29, 1.82) is 10.8 Å². The van der Waals surface area contributed by atoms with Crippen LogP contribution in [0.2, 0.25) is 0 Å². The SMILES string of the molecule is CS(=O)(=O)O.N=C1CCC(=N)N1O. The lowest BCUT2D eigenvalue weighted by atomic mass is 10.4. The van der Waals surface area contributed by atoms with Gasteiger partial charge in [0.05, 0.1) is 6.26 Å². The molecule has 0 spiro atoms. The lowest BCUT2D eigenvalue weighted by Crippen LogP contribution is -2.23. The summed E-state index contributed by atoms with van der Waals surface area (Å²) >= 11 is 0. The molecule has 0 aromatic rings. The van der Waals surface area contributed by atoms with Crippen LogP contribution in [-0.4, -0.2) is 41.2 Å². The predicted octanol–water partition coefficient (Wildman–Crippen LogP) is -0.0701. The van der Waals surface area contributed by atoms with Crippen molar-refractivity contribution in [1.82, 2.24) is 5.06 Å². The van der Waals surface area contributed by atoms with Gasteiger partial charge in [-0.05, 0) is 0 Å². The Bertz CT molecular complexity index is 286. The normalized spacial score (nSPS) is 17.0. The van der Waals surface area contributed by atoms with Gasteiger partial charge in [-0.15, -0.1) is 0 Å². The minimum Gasteiger partial charge on any atom is -0.286 e. The molecule has 0 atom stereocenters. The summed E-state index contributed by atoms with van der Waals surface area (Å²) in [5, 5.41) is 23.1. The lowest BCUT2D eigenvalue weighted by molar-refractivity contribution is 0.0643. The molecule has 0 aliphatic carbocycles. The minimum atomic E-state index is -3.67. The number of amidine groups is 2. The third kappa shape index (κ3) is 6.20. The van der Waals surface area contributed by atoms with Crippen molar-refractivity contribution in [2.75, 3.05) is 6.26 Å². The van der Waals surface area contributed by atoms with Crippen molar-refractivity contribution >= 4 is 21.8 Å². The van der Waals surface area contributed by atoms with E-state index in [9.17, 15) is 8.42 Å². The Morgan fingerprint density at radius 2 is 1.54 bits per heavy atom. The first-order valence-corrected chi connectivity index (χ1v) is 5.13. The molecule has 13 heavy (non-hydrogen) atoms. The summed E-state index contributed by atoms with van der Waals surface area (Å²) in [7, 11) is -3.67. The molecule has 0 bridgehead atoms. The second-order valence-corrected chi connectivity index (χ2v) is 3.90. The Hall–Kier alpha value is -0.990. The fraction of sp³-hybridized carbons (Fsp3) is 0.600. The molecule has 1 saturated heterocycles. The molecule has 1 fully saturated rings. The number of nitrogens with zero attached hydrogens (tertiary/aromatic N) is 1. The van der Waals surface area contributed by atoms with Gasteiger partial charge in [0.25, 0.3) is 10.1 Å². The summed E-state index contributed by atoms with van der Waals surface area (Å²) in [6.45, 7) is 0. The van der Waals surface area contributed by atoms with Crippen molar-refractivity contribution in [3.05, 3.63) is 0 Å². The Balaban J connectivity index is 0.000000252. The quantitative estimate of drug-likeness (QED) is 0.415. The van der Waals surface area contributed by atoms with E-state index in [4.69, 9.17) is 20.6 Å². The van der Waals surface area contributed by atoms with E-state index in [1.165, 1.54) is 0 Å². The van der Waals surface area contributed by atoms with Gasteiger partial charge in [0, 0.05) is 12.8 Å². The van der Waals surface area contributed by atoms with E-state index in [2.05, 4.69) is 0 Å². The smallest absolute Gasteiger partial charge is 0.261 e. The third-order valence-electron chi connectivity index (χ3n) is 1.11. The molecule has 0 amide bonds. The van der Waals surface area contributed by atoms with Gasteiger partial charge >= 0.3 is 0 Å². The summed E-state index contributed by atoms with van der Waals surface area (Å²) in [5.41, 5.74) is 0. The Labute approximate surface area is 75.7 Å². The first-order valence-electron chi connectivity index (χ1n) is 3.28. The van der Waals surface area contributed by atoms with E-state index in [1.807, 2.05) is 0 Å². The van der Waals surface area contributed by atoms with Gasteiger partial charge in [-0.25, -0.2) is 0 Å². The molecule has 7 nitrogen and oxygen atoms in total. The van der Waals surface area contributed by atoms with E-state index < -0.39 is 10.1 Å². The van der Waals surface area contributed by atoms with Crippen LogP contribution in [-0.2, 0) is 10.1 Å². The molecule has 0 unspecified atom stereocenters. The monoisotopic (exact) mass is 209 g/mol. The van der Waals surface area contributed by atoms with E-state index in [0.29, 0.717) is 24.2 Å². The predicted molar refractivity (Wildman–Crippen MR) is 45.8 cm³/mol. The van der Waals surface area contributed by atoms with Crippen molar-refractivity contribution in [2.24, 2.45) is 0 Å². The molecule has 4 N–H and O–H groups in total. The number of hydrogen-bond acceptors (Lipinski definition) is 5. The summed E-state index contributed by atoms with van der Waals surface area (Å²) in [5.74, 6) is 0.241. The van der Waals surface area contributed by atoms with Gasteiger partial charge in [0.15, 0.2) is 0 Å². The highest BCUT2D eigenvalue weighted by Crippen LogP contribution is 2.07. The van der Waals surface area contributed by atoms with Crippen molar-refractivity contribution in [3.8, 4) is 0 Å². The van der Waals surface area contributed by atoms with Crippen LogP contribution in [0, 0.1) is 10.8 Å². The molecule has 1 aliphatic heterocycles.